The molecule has 0 aliphatic heterocycles. The number of pyridine rings is 1. The second kappa shape index (κ2) is 6.58. The Kier molecular flexibility index (Phi) is 5.06. The fraction of sp³-hybridized carbons (Fsp3) is 0.214. The van der Waals surface area contributed by atoms with Gasteiger partial charge >= 0.3 is 0 Å². The molecule has 0 saturated carbocycles. The lowest BCUT2D eigenvalue weighted by atomic mass is 9.99. The molecule has 2 rings (SSSR count). The zero-order valence-electron chi connectivity index (χ0n) is 10.3. The van der Waals surface area contributed by atoms with Crippen LogP contribution in [0, 0.1) is 0 Å². The normalized spacial score (nSPS) is 12.4. The van der Waals surface area contributed by atoms with Crippen LogP contribution in [0.25, 0.3) is 0 Å². The Balaban J connectivity index is 2.28. The third-order valence-corrected chi connectivity index (χ3v) is 3.69. The molecule has 2 nitrogen and oxygen atoms in total. The Labute approximate surface area is 127 Å². The molecule has 0 fully saturated rings. The van der Waals surface area contributed by atoms with E-state index in [0.29, 0.717) is 15.1 Å². The molecule has 0 amide bonds. The van der Waals surface area contributed by atoms with Gasteiger partial charge in [-0.15, -0.1) is 0 Å². The maximum Gasteiger partial charge on any atom is 0.0622 e. The van der Waals surface area contributed by atoms with Gasteiger partial charge in [0.25, 0.3) is 0 Å². The summed E-state index contributed by atoms with van der Waals surface area (Å²) in [6.45, 7) is 0. The SMILES string of the molecule is CNC(Cc1ccncc1Cl)c1cc(Cl)cc(Cl)c1. The lowest BCUT2D eigenvalue weighted by Crippen LogP contribution is -2.19. The predicted octanol–water partition coefficient (Wildman–Crippen LogP) is 4.55. The fourth-order valence-electron chi connectivity index (χ4n) is 1.95. The lowest BCUT2D eigenvalue weighted by Gasteiger charge is -2.18. The number of hydrogen-bond acceptors (Lipinski definition) is 2. The zero-order chi connectivity index (χ0) is 13.8. The van der Waals surface area contributed by atoms with Crippen LogP contribution in [0.15, 0.2) is 36.7 Å². The third kappa shape index (κ3) is 3.83. The minimum atomic E-state index is 0.0936. The van der Waals surface area contributed by atoms with E-state index >= 15 is 0 Å². The topological polar surface area (TPSA) is 24.9 Å². The maximum atomic E-state index is 6.13. The molecule has 1 N–H and O–H groups in total. The molecule has 0 bridgehead atoms. The zero-order valence-corrected chi connectivity index (χ0v) is 12.6. The highest BCUT2D eigenvalue weighted by atomic mass is 35.5. The van der Waals surface area contributed by atoms with Gasteiger partial charge in [-0.1, -0.05) is 34.8 Å². The molecule has 2 aromatic rings. The highest BCUT2D eigenvalue weighted by molar-refractivity contribution is 6.34. The van der Waals surface area contributed by atoms with Crippen LogP contribution in [0.3, 0.4) is 0 Å². The number of aromatic nitrogens is 1. The van der Waals surface area contributed by atoms with Crippen molar-refractivity contribution in [3.05, 3.63) is 62.9 Å². The summed E-state index contributed by atoms with van der Waals surface area (Å²) in [7, 11) is 1.90. The molecule has 1 aromatic heterocycles. The van der Waals surface area contributed by atoms with Crippen LogP contribution in [0.5, 0.6) is 0 Å². The standard InChI is InChI=1S/C14H13Cl3N2/c1-18-14(6-9-2-3-19-8-13(9)17)10-4-11(15)7-12(16)5-10/h2-5,7-8,14,18H,6H2,1H3. The van der Waals surface area contributed by atoms with Crippen LogP contribution in [-0.4, -0.2) is 12.0 Å². The third-order valence-electron chi connectivity index (χ3n) is 2.92. The van der Waals surface area contributed by atoms with Crippen LogP contribution in [0.4, 0.5) is 0 Å². The molecule has 0 aliphatic rings. The van der Waals surface area contributed by atoms with Gasteiger partial charge in [-0.25, -0.2) is 0 Å². The Morgan fingerprint density at radius 3 is 2.42 bits per heavy atom. The van der Waals surface area contributed by atoms with Gasteiger partial charge < -0.3 is 5.32 Å². The van der Waals surface area contributed by atoms with Gasteiger partial charge in [0.05, 0.1) is 5.02 Å². The minimum Gasteiger partial charge on any atom is -0.313 e. The summed E-state index contributed by atoms with van der Waals surface area (Å²) >= 11 is 18.2. The first kappa shape index (κ1) is 14.6. The predicted molar refractivity (Wildman–Crippen MR) is 81.2 cm³/mol. The average Bonchev–Trinajstić information content (AvgIpc) is 2.36. The van der Waals surface area contributed by atoms with Gasteiger partial charge in [0.15, 0.2) is 0 Å². The van der Waals surface area contributed by atoms with Crippen molar-refractivity contribution in [3.63, 3.8) is 0 Å². The molecule has 1 atom stereocenters. The molecule has 19 heavy (non-hydrogen) atoms. The Morgan fingerprint density at radius 1 is 1.16 bits per heavy atom. The summed E-state index contributed by atoms with van der Waals surface area (Å²) in [5.41, 5.74) is 2.07. The van der Waals surface area contributed by atoms with Crippen molar-refractivity contribution in [3.8, 4) is 0 Å². The van der Waals surface area contributed by atoms with E-state index in [1.54, 1.807) is 18.5 Å². The first-order valence-corrected chi connectivity index (χ1v) is 6.95. The van der Waals surface area contributed by atoms with Gasteiger partial charge in [0.2, 0.25) is 0 Å². The van der Waals surface area contributed by atoms with Crippen molar-refractivity contribution < 1.29 is 0 Å². The Hall–Kier alpha value is -0.800. The van der Waals surface area contributed by atoms with E-state index in [4.69, 9.17) is 34.8 Å². The van der Waals surface area contributed by atoms with Crippen molar-refractivity contribution in [2.24, 2.45) is 0 Å². The number of rotatable bonds is 4. The van der Waals surface area contributed by atoms with Gasteiger partial charge in [0.1, 0.15) is 0 Å². The van der Waals surface area contributed by atoms with E-state index in [2.05, 4.69) is 10.3 Å². The maximum absolute atomic E-state index is 6.13. The summed E-state index contributed by atoms with van der Waals surface area (Å²) in [6, 6.07) is 7.54. The van der Waals surface area contributed by atoms with E-state index in [1.807, 2.05) is 25.2 Å². The Morgan fingerprint density at radius 2 is 1.84 bits per heavy atom. The largest absolute Gasteiger partial charge is 0.313 e. The van der Waals surface area contributed by atoms with Crippen LogP contribution in [-0.2, 0) is 6.42 Å². The first-order chi connectivity index (χ1) is 9.10. The van der Waals surface area contributed by atoms with Gasteiger partial charge in [-0.3, -0.25) is 4.98 Å². The summed E-state index contributed by atoms with van der Waals surface area (Å²) in [5, 5.41) is 5.17. The van der Waals surface area contributed by atoms with E-state index in [1.165, 1.54) is 0 Å². The summed E-state index contributed by atoms with van der Waals surface area (Å²) in [6.07, 6.45) is 4.13. The number of nitrogens with one attached hydrogen (secondary N) is 1. The minimum absolute atomic E-state index is 0.0936. The van der Waals surface area contributed by atoms with Crippen molar-refractivity contribution >= 4 is 34.8 Å². The molecule has 0 aliphatic carbocycles. The van der Waals surface area contributed by atoms with Crippen molar-refractivity contribution in [1.82, 2.24) is 10.3 Å². The highest BCUT2D eigenvalue weighted by Crippen LogP contribution is 2.27. The monoisotopic (exact) mass is 314 g/mol. The number of nitrogens with zero attached hydrogens (tertiary/aromatic N) is 1. The van der Waals surface area contributed by atoms with Crippen molar-refractivity contribution in [2.75, 3.05) is 7.05 Å². The molecule has 100 valence electrons. The smallest absolute Gasteiger partial charge is 0.0622 e. The molecule has 0 radical (unpaired) electrons. The molecular formula is C14H13Cl3N2. The average molecular weight is 316 g/mol. The van der Waals surface area contributed by atoms with Crippen molar-refractivity contribution in [1.29, 1.82) is 0 Å². The number of likely N-dealkylation sites (N-methyl/N-ethyl adjacent to an activating group) is 1. The number of hydrogen-bond donors (Lipinski definition) is 1. The summed E-state index contributed by atoms with van der Waals surface area (Å²) in [5.74, 6) is 0. The quantitative estimate of drug-likeness (QED) is 0.895. The van der Waals surface area contributed by atoms with E-state index in [0.717, 1.165) is 17.5 Å². The van der Waals surface area contributed by atoms with Crippen molar-refractivity contribution in [2.45, 2.75) is 12.5 Å². The Bertz CT molecular complexity index is 552. The summed E-state index contributed by atoms with van der Waals surface area (Å²) < 4.78 is 0. The number of benzene rings is 1. The van der Waals surface area contributed by atoms with Crippen LogP contribution in [0.2, 0.25) is 15.1 Å². The van der Waals surface area contributed by atoms with E-state index in [9.17, 15) is 0 Å². The second-order valence-electron chi connectivity index (χ2n) is 4.22. The molecule has 1 heterocycles. The molecule has 5 heteroatoms. The number of halogens is 3. The molecule has 1 unspecified atom stereocenters. The summed E-state index contributed by atoms with van der Waals surface area (Å²) in [4.78, 5) is 3.98. The highest BCUT2D eigenvalue weighted by Gasteiger charge is 2.13. The molecule has 0 saturated heterocycles. The molecule has 0 spiro atoms. The first-order valence-electron chi connectivity index (χ1n) is 5.82. The van der Waals surface area contributed by atoms with Gasteiger partial charge in [0, 0.05) is 28.5 Å². The fourth-order valence-corrected chi connectivity index (χ4v) is 2.69. The van der Waals surface area contributed by atoms with E-state index < -0.39 is 0 Å². The van der Waals surface area contributed by atoms with Gasteiger partial charge in [-0.05, 0) is 48.9 Å². The molecular weight excluding hydrogens is 303 g/mol. The van der Waals surface area contributed by atoms with Crippen LogP contribution < -0.4 is 5.32 Å². The lowest BCUT2D eigenvalue weighted by molar-refractivity contribution is 0.592. The van der Waals surface area contributed by atoms with Crippen LogP contribution in [0.1, 0.15) is 17.2 Å². The second-order valence-corrected chi connectivity index (χ2v) is 5.50. The van der Waals surface area contributed by atoms with E-state index in [-0.39, 0.29) is 6.04 Å². The molecule has 1 aromatic carbocycles. The van der Waals surface area contributed by atoms with Crippen LogP contribution >= 0.6 is 34.8 Å². The van der Waals surface area contributed by atoms with Gasteiger partial charge in [-0.2, -0.15) is 0 Å².